The first-order chi connectivity index (χ1) is 8.69. The summed E-state index contributed by atoms with van der Waals surface area (Å²) in [5.41, 5.74) is 0.929. The van der Waals surface area contributed by atoms with Gasteiger partial charge in [-0.15, -0.1) is 0 Å². The van der Waals surface area contributed by atoms with E-state index in [1.165, 1.54) is 20.0 Å². The third kappa shape index (κ3) is 3.65. The number of carbonyl (C=O) groups is 1. The van der Waals surface area contributed by atoms with Crippen molar-refractivity contribution in [3.63, 3.8) is 0 Å². The highest BCUT2D eigenvalue weighted by atomic mass is 16.5. The standard InChI is InChI=1S/C14H18O4/c1-17-14(16)7-5-11-4-6-12(15)8-13(11)18-9-10-2-3-10/h4,6,8,10,15H,2-3,5,7,9H2,1H3. The fourth-order valence-electron chi connectivity index (χ4n) is 1.72. The normalized spacial score (nSPS) is 14.3. The van der Waals surface area contributed by atoms with Crippen LogP contribution in [0.5, 0.6) is 11.5 Å². The van der Waals surface area contributed by atoms with E-state index in [1.807, 2.05) is 0 Å². The van der Waals surface area contributed by atoms with Crippen LogP contribution in [0.15, 0.2) is 18.2 Å². The molecule has 2 rings (SSSR count). The summed E-state index contributed by atoms with van der Waals surface area (Å²) in [6, 6.07) is 5.01. The molecular formula is C14H18O4. The molecule has 1 aliphatic rings. The van der Waals surface area contributed by atoms with Crippen LogP contribution in [0.3, 0.4) is 0 Å². The van der Waals surface area contributed by atoms with Gasteiger partial charge in [-0.2, -0.15) is 0 Å². The predicted molar refractivity (Wildman–Crippen MR) is 66.7 cm³/mol. The maximum Gasteiger partial charge on any atom is 0.305 e. The van der Waals surface area contributed by atoms with Crippen LogP contribution in [-0.4, -0.2) is 24.8 Å². The first-order valence-corrected chi connectivity index (χ1v) is 6.20. The molecule has 1 saturated carbocycles. The highest BCUT2D eigenvalue weighted by molar-refractivity contribution is 5.69. The molecule has 0 spiro atoms. The zero-order valence-electron chi connectivity index (χ0n) is 10.5. The van der Waals surface area contributed by atoms with E-state index >= 15 is 0 Å². The molecule has 0 aromatic heterocycles. The van der Waals surface area contributed by atoms with Crippen LogP contribution in [0.4, 0.5) is 0 Å². The van der Waals surface area contributed by atoms with Gasteiger partial charge in [0, 0.05) is 12.5 Å². The number of benzene rings is 1. The number of phenols is 1. The van der Waals surface area contributed by atoms with Gasteiger partial charge in [-0.3, -0.25) is 4.79 Å². The van der Waals surface area contributed by atoms with Gasteiger partial charge in [0.1, 0.15) is 11.5 Å². The van der Waals surface area contributed by atoms with E-state index < -0.39 is 0 Å². The Morgan fingerprint density at radius 1 is 1.44 bits per heavy atom. The first kappa shape index (κ1) is 12.7. The Morgan fingerprint density at radius 2 is 2.22 bits per heavy atom. The number of rotatable bonds is 6. The maximum atomic E-state index is 11.1. The number of esters is 1. The van der Waals surface area contributed by atoms with Crippen molar-refractivity contribution in [1.29, 1.82) is 0 Å². The zero-order valence-corrected chi connectivity index (χ0v) is 10.5. The first-order valence-electron chi connectivity index (χ1n) is 6.20. The summed E-state index contributed by atoms with van der Waals surface area (Å²) in [4.78, 5) is 11.1. The Bertz CT molecular complexity index is 424. The van der Waals surface area contributed by atoms with Crippen LogP contribution in [0, 0.1) is 5.92 Å². The molecule has 18 heavy (non-hydrogen) atoms. The maximum absolute atomic E-state index is 11.1. The molecule has 1 N–H and O–H groups in total. The fourth-order valence-corrected chi connectivity index (χ4v) is 1.72. The van der Waals surface area contributed by atoms with Crippen LogP contribution in [0.25, 0.3) is 0 Å². The number of hydrogen-bond donors (Lipinski definition) is 1. The number of hydrogen-bond acceptors (Lipinski definition) is 4. The van der Waals surface area contributed by atoms with E-state index in [0.717, 1.165) is 5.56 Å². The molecule has 0 aliphatic heterocycles. The lowest BCUT2D eigenvalue weighted by molar-refractivity contribution is -0.140. The van der Waals surface area contributed by atoms with Crippen LogP contribution < -0.4 is 4.74 Å². The highest BCUT2D eigenvalue weighted by Gasteiger charge is 2.22. The lowest BCUT2D eigenvalue weighted by Gasteiger charge is -2.11. The molecule has 4 heteroatoms. The summed E-state index contributed by atoms with van der Waals surface area (Å²) in [5, 5.41) is 9.47. The molecule has 1 aromatic carbocycles. The second-order valence-electron chi connectivity index (χ2n) is 4.62. The predicted octanol–water partition coefficient (Wildman–Crippen LogP) is 2.29. The van der Waals surface area contributed by atoms with Crippen molar-refractivity contribution < 1.29 is 19.4 Å². The topological polar surface area (TPSA) is 55.8 Å². The molecule has 0 heterocycles. The Kier molecular flexibility index (Phi) is 4.07. The number of aromatic hydroxyl groups is 1. The molecule has 4 nitrogen and oxygen atoms in total. The number of phenolic OH excluding ortho intramolecular Hbond substituents is 1. The van der Waals surface area contributed by atoms with Crippen molar-refractivity contribution >= 4 is 5.97 Å². The van der Waals surface area contributed by atoms with Gasteiger partial charge < -0.3 is 14.6 Å². The van der Waals surface area contributed by atoms with E-state index in [1.54, 1.807) is 18.2 Å². The van der Waals surface area contributed by atoms with Crippen molar-refractivity contribution in [3.05, 3.63) is 23.8 Å². The van der Waals surface area contributed by atoms with Crippen molar-refractivity contribution in [1.82, 2.24) is 0 Å². The van der Waals surface area contributed by atoms with Gasteiger partial charge in [-0.05, 0) is 36.8 Å². The monoisotopic (exact) mass is 250 g/mol. The molecule has 0 bridgehead atoms. The summed E-state index contributed by atoms with van der Waals surface area (Å²) < 4.78 is 10.3. The molecule has 0 atom stereocenters. The SMILES string of the molecule is COC(=O)CCc1ccc(O)cc1OCC1CC1. The van der Waals surface area contributed by atoms with Crippen molar-refractivity contribution in [2.45, 2.75) is 25.7 Å². The minimum Gasteiger partial charge on any atom is -0.508 e. The van der Waals surface area contributed by atoms with Crippen LogP contribution in [0.2, 0.25) is 0 Å². The average Bonchev–Trinajstić information content (AvgIpc) is 3.18. The van der Waals surface area contributed by atoms with Crippen LogP contribution >= 0.6 is 0 Å². The van der Waals surface area contributed by atoms with E-state index in [4.69, 9.17) is 4.74 Å². The van der Waals surface area contributed by atoms with E-state index in [9.17, 15) is 9.90 Å². The van der Waals surface area contributed by atoms with Gasteiger partial charge in [0.05, 0.1) is 13.7 Å². The number of ether oxygens (including phenoxy) is 2. The average molecular weight is 250 g/mol. The van der Waals surface area contributed by atoms with Crippen LogP contribution in [0.1, 0.15) is 24.8 Å². The van der Waals surface area contributed by atoms with Crippen molar-refractivity contribution in [3.8, 4) is 11.5 Å². The summed E-state index contributed by atoms with van der Waals surface area (Å²) in [6.45, 7) is 0.689. The van der Waals surface area contributed by atoms with E-state index in [0.29, 0.717) is 31.1 Å². The van der Waals surface area contributed by atoms with Gasteiger partial charge in [-0.1, -0.05) is 6.07 Å². The molecule has 0 unspecified atom stereocenters. The van der Waals surface area contributed by atoms with E-state index in [2.05, 4.69) is 4.74 Å². The van der Waals surface area contributed by atoms with E-state index in [-0.39, 0.29) is 11.7 Å². The molecule has 1 aliphatic carbocycles. The summed E-state index contributed by atoms with van der Waals surface area (Å²) >= 11 is 0. The quantitative estimate of drug-likeness (QED) is 0.787. The Balaban J connectivity index is 1.99. The zero-order chi connectivity index (χ0) is 13.0. The fraction of sp³-hybridized carbons (Fsp3) is 0.500. The van der Waals surface area contributed by atoms with Gasteiger partial charge in [0.2, 0.25) is 0 Å². The summed E-state index contributed by atoms with van der Waals surface area (Å²) in [6.07, 6.45) is 3.32. The minimum atomic E-state index is -0.240. The molecule has 1 fully saturated rings. The van der Waals surface area contributed by atoms with Gasteiger partial charge in [-0.25, -0.2) is 0 Å². The third-order valence-corrected chi connectivity index (χ3v) is 3.05. The largest absolute Gasteiger partial charge is 0.508 e. The molecule has 1 aromatic rings. The Labute approximate surface area is 107 Å². The highest BCUT2D eigenvalue weighted by Crippen LogP contribution is 2.31. The lowest BCUT2D eigenvalue weighted by Crippen LogP contribution is -2.05. The lowest BCUT2D eigenvalue weighted by atomic mass is 10.1. The number of carbonyl (C=O) groups excluding carboxylic acids is 1. The molecule has 0 amide bonds. The Hall–Kier alpha value is -1.71. The summed E-state index contributed by atoms with van der Waals surface area (Å²) in [7, 11) is 1.38. The molecule has 98 valence electrons. The van der Waals surface area contributed by atoms with Gasteiger partial charge >= 0.3 is 5.97 Å². The van der Waals surface area contributed by atoms with Gasteiger partial charge in [0.15, 0.2) is 0 Å². The molecule has 0 radical (unpaired) electrons. The number of aryl methyl sites for hydroxylation is 1. The second-order valence-corrected chi connectivity index (χ2v) is 4.62. The van der Waals surface area contributed by atoms with Gasteiger partial charge in [0.25, 0.3) is 0 Å². The molecule has 0 saturated heterocycles. The number of methoxy groups -OCH3 is 1. The minimum absolute atomic E-state index is 0.183. The van der Waals surface area contributed by atoms with Crippen molar-refractivity contribution in [2.24, 2.45) is 5.92 Å². The molecular weight excluding hydrogens is 232 g/mol. The van der Waals surface area contributed by atoms with Crippen LogP contribution in [-0.2, 0) is 16.0 Å². The smallest absolute Gasteiger partial charge is 0.305 e. The van der Waals surface area contributed by atoms with Crippen molar-refractivity contribution in [2.75, 3.05) is 13.7 Å². The second kappa shape index (κ2) is 5.76. The Morgan fingerprint density at radius 3 is 2.89 bits per heavy atom. The summed E-state index contributed by atoms with van der Waals surface area (Å²) in [5.74, 6) is 1.27. The third-order valence-electron chi connectivity index (χ3n) is 3.05.